The van der Waals surface area contributed by atoms with E-state index in [0.717, 1.165) is 31.1 Å². The molecular weight excluding hydrogens is 324 g/mol. The summed E-state index contributed by atoms with van der Waals surface area (Å²) in [5.74, 6) is 2.31. The van der Waals surface area contributed by atoms with Crippen LogP contribution in [-0.4, -0.2) is 23.6 Å². The van der Waals surface area contributed by atoms with Crippen LogP contribution in [0.15, 0.2) is 60.8 Å². The summed E-state index contributed by atoms with van der Waals surface area (Å²) in [7, 11) is 1.68. The van der Waals surface area contributed by atoms with Crippen molar-refractivity contribution in [3.05, 3.63) is 77.5 Å². The highest BCUT2D eigenvalue weighted by atomic mass is 16.5. The summed E-state index contributed by atoms with van der Waals surface area (Å²) in [6.07, 6.45) is 2.64. The molecule has 0 saturated carbocycles. The Morgan fingerprint density at radius 3 is 2.62 bits per heavy atom. The van der Waals surface area contributed by atoms with Gasteiger partial charge in [0, 0.05) is 19.3 Å². The van der Waals surface area contributed by atoms with E-state index < -0.39 is 0 Å². The van der Waals surface area contributed by atoms with Gasteiger partial charge in [-0.3, -0.25) is 0 Å². The molecule has 0 saturated heterocycles. The van der Waals surface area contributed by atoms with Gasteiger partial charge in [0.15, 0.2) is 0 Å². The van der Waals surface area contributed by atoms with Gasteiger partial charge in [-0.15, -0.1) is 0 Å². The fourth-order valence-electron chi connectivity index (χ4n) is 2.59. The molecular formula is C21H24N4O. The molecule has 5 nitrogen and oxygen atoms in total. The Morgan fingerprint density at radius 1 is 0.962 bits per heavy atom. The van der Waals surface area contributed by atoms with Crippen LogP contribution in [-0.2, 0) is 13.0 Å². The number of benzene rings is 2. The van der Waals surface area contributed by atoms with Crippen molar-refractivity contribution in [1.82, 2.24) is 9.97 Å². The first-order chi connectivity index (χ1) is 12.7. The van der Waals surface area contributed by atoms with Crippen LogP contribution in [0.3, 0.4) is 0 Å². The third-order valence-corrected chi connectivity index (χ3v) is 4.08. The molecule has 0 aliphatic heterocycles. The van der Waals surface area contributed by atoms with E-state index in [0.29, 0.717) is 5.95 Å². The van der Waals surface area contributed by atoms with Crippen LogP contribution in [0.25, 0.3) is 0 Å². The van der Waals surface area contributed by atoms with Crippen LogP contribution >= 0.6 is 0 Å². The second-order valence-electron chi connectivity index (χ2n) is 6.13. The lowest BCUT2D eigenvalue weighted by Gasteiger charge is -2.09. The van der Waals surface area contributed by atoms with E-state index >= 15 is 0 Å². The lowest BCUT2D eigenvalue weighted by molar-refractivity contribution is 0.414. The first-order valence-corrected chi connectivity index (χ1v) is 8.72. The van der Waals surface area contributed by atoms with Crippen LogP contribution < -0.4 is 15.4 Å². The molecule has 0 spiro atoms. The van der Waals surface area contributed by atoms with Crippen molar-refractivity contribution >= 4 is 11.8 Å². The van der Waals surface area contributed by atoms with Crippen molar-refractivity contribution in [2.45, 2.75) is 19.9 Å². The minimum absolute atomic E-state index is 0.627. The summed E-state index contributed by atoms with van der Waals surface area (Å²) >= 11 is 0. The maximum atomic E-state index is 5.25. The molecule has 2 aromatic carbocycles. The Hall–Kier alpha value is -3.08. The first-order valence-electron chi connectivity index (χ1n) is 8.72. The molecule has 0 aliphatic carbocycles. The molecule has 5 heteroatoms. The van der Waals surface area contributed by atoms with Gasteiger partial charge in [-0.05, 0) is 42.7 Å². The largest absolute Gasteiger partial charge is 0.497 e. The number of nitrogens with one attached hydrogen (secondary N) is 2. The molecule has 3 aromatic rings. The predicted octanol–water partition coefficient (Wildman–Crippen LogP) is 4.06. The van der Waals surface area contributed by atoms with Gasteiger partial charge in [0.1, 0.15) is 11.6 Å². The molecule has 2 N–H and O–H groups in total. The lowest BCUT2D eigenvalue weighted by atomic mass is 10.1. The minimum atomic E-state index is 0.627. The maximum Gasteiger partial charge on any atom is 0.224 e. The lowest BCUT2D eigenvalue weighted by Crippen LogP contribution is -2.09. The Labute approximate surface area is 154 Å². The topological polar surface area (TPSA) is 59.1 Å². The van der Waals surface area contributed by atoms with Gasteiger partial charge in [0.25, 0.3) is 0 Å². The highest BCUT2D eigenvalue weighted by molar-refractivity contribution is 5.40. The van der Waals surface area contributed by atoms with Crippen molar-refractivity contribution in [2.24, 2.45) is 0 Å². The monoisotopic (exact) mass is 348 g/mol. The number of rotatable bonds is 8. The quantitative estimate of drug-likeness (QED) is 0.643. The van der Waals surface area contributed by atoms with E-state index in [1.165, 1.54) is 16.7 Å². The number of aromatic nitrogens is 2. The van der Waals surface area contributed by atoms with Gasteiger partial charge >= 0.3 is 0 Å². The number of nitrogens with zero attached hydrogens (tertiary/aromatic N) is 2. The van der Waals surface area contributed by atoms with Crippen molar-refractivity contribution in [2.75, 3.05) is 24.3 Å². The molecule has 134 valence electrons. The molecule has 0 atom stereocenters. The van der Waals surface area contributed by atoms with Crippen LogP contribution in [0, 0.1) is 6.92 Å². The van der Waals surface area contributed by atoms with Gasteiger partial charge in [0.2, 0.25) is 5.95 Å². The van der Waals surface area contributed by atoms with Crippen LogP contribution in [0.1, 0.15) is 16.7 Å². The summed E-state index contributed by atoms with van der Waals surface area (Å²) in [4.78, 5) is 8.80. The third kappa shape index (κ3) is 5.21. The molecule has 1 heterocycles. The molecule has 0 radical (unpaired) electrons. The zero-order chi connectivity index (χ0) is 18.2. The highest BCUT2D eigenvalue weighted by Crippen LogP contribution is 2.13. The van der Waals surface area contributed by atoms with Gasteiger partial charge in [-0.25, -0.2) is 4.98 Å². The number of anilines is 2. The van der Waals surface area contributed by atoms with Crippen molar-refractivity contribution in [3.8, 4) is 5.75 Å². The second kappa shape index (κ2) is 8.85. The van der Waals surface area contributed by atoms with Gasteiger partial charge in [0.05, 0.1) is 7.11 Å². The Bertz CT molecular complexity index is 833. The maximum absolute atomic E-state index is 5.25. The van der Waals surface area contributed by atoms with E-state index in [1.807, 2.05) is 24.3 Å². The molecule has 0 aliphatic rings. The van der Waals surface area contributed by atoms with E-state index in [-0.39, 0.29) is 0 Å². The highest BCUT2D eigenvalue weighted by Gasteiger charge is 2.01. The van der Waals surface area contributed by atoms with Crippen molar-refractivity contribution in [3.63, 3.8) is 0 Å². The molecule has 26 heavy (non-hydrogen) atoms. The SMILES string of the molecule is COc1cccc(CCNc2nccc(NCc3ccc(C)cc3)n2)c1. The zero-order valence-corrected chi connectivity index (χ0v) is 15.2. The van der Waals surface area contributed by atoms with E-state index in [2.05, 4.69) is 57.9 Å². The molecule has 0 fully saturated rings. The Balaban J connectivity index is 1.51. The van der Waals surface area contributed by atoms with Crippen LogP contribution in [0.4, 0.5) is 11.8 Å². The van der Waals surface area contributed by atoms with E-state index in [4.69, 9.17) is 4.74 Å². The number of ether oxygens (including phenoxy) is 1. The average molecular weight is 348 g/mol. The van der Waals surface area contributed by atoms with E-state index in [1.54, 1.807) is 13.3 Å². The number of hydrogen-bond acceptors (Lipinski definition) is 5. The molecule has 0 bridgehead atoms. The smallest absolute Gasteiger partial charge is 0.224 e. The number of aryl methyl sites for hydroxylation is 1. The number of hydrogen-bond donors (Lipinski definition) is 2. The number of methoxy groups -OCH3 is 1. The van der Waals surface area contributed by atoms with Gasteiger partial charge in [-0.1, -0.05) is 42.0 Å². The molecule has 1 aromatic heterocycles. The summed E-state index contributed by atoms with van der Waals surface area (Å²) in [6.45, 7) is 3.58. The molecule has 0 amide bonds. The third-order valence-electron chi connectivity index (χ3n) is 4.08. The Morgan fingerprint density at radius 2 is 1.81 bits per heavy atom. The normalized spacial score (nSPS) is 10.4. The minimum Gasteiger partial charge on any atom is -0.497 e. The van der Waals surface area contributed by atoms with Crippen molar-refractivity contribution < 1.29 is 4.74 Å². The zero-order valence-electron chi connectivity index (χ0n) is 15.2. The summed E-state index contributed by atoms with van der Waals surface area (Å²) in [6, 6.07) is 18.4. The Kier molecular flexibility index (Phi) is 6.04. The van der Waals surface area contributed by atoms with Crippen LogP contribution in [0.2, 0.25) is 0 Å². The second-order valence-corrected chi connectivity index (χ2v) is 6.13. The van der Waals surface area contributed by atoms with E-state index in [9.17, 15) is 0 Å². The summed E-state index contributed by atoms with van der Waals surface area (Å²) in [5, 5.41) is 6.61. The summed E-state index contributed by atoms with van der Waals surface area (Å²) in [5.41, 5.74) is 3.70. The fourth-order valence-corrected chi connectivity index (χ4v) is 2.59. The molecule has 0 unspecified atom stereocenters. The first kappa shape index (κ1) is 17.7. The van der Waals surface area contributed by atoms with Gasteiger partial charge < -0.3 is 15.4 Å². The standard InChI is InChI=1S/C21H24N4O/c1-16-6-8-18(9-7-16)15-24-20-11-13-23-21(25-20)22-12-10-17-4-3-5-19(14-17)26-2/h3-9,11,13-14H,10,12,15H2,1-2H3,(H2,22,23,24,25). The molecule has 3 rings (SSSR count). The predicted molar refractivity (Wildman–Crippen MR) is 106 cm³/mol. The average Bonchev–Trinajstić information content (AvgIpc) is 2.68. The van der Waals surface area contributed by atoms with Crippen LogP contribution in [0.5, 0.6) is 5.75 Å². The fraction of sp³-hybridized carbons (Fsp3) is 0.238. The van der Waals surface area contributed by atoms with Gasteiger partial charge in [-0.2, -0.15) is 4.98 Å². The summed E-state index contributed by atoms with van der Waals surface area (Å²) < 4.78 is 5.25. The van der Waals surface area contributed by atoms with Crippen molar-refractivity contribution in [1.29, 1.82) is 0 Å².